The minimum Gasteiger partial charge on any atom is -0.508 e. The molecule has 0 aliphatic heterocycles. The number of hydrogen-bond donors (Lipinski definition) is 5. The summed E-state index contributed by atoms with van der Waals surface area (Å²) in [6, 6.07) is 8.36. The molecule has 2 aromatic carbocycles. The molecule has 0 saturated carbocycles. The molecule has 2 rings (SSSR count). The SMILES string of the molecule is CCCC(c1cccc(O)c1)c1c(O)cc(O)cc1P(=O)(O)O. The molecule has 23 heavy (non-hydrogen) atoms. The van der Waals surface area contributed by atoms with Crippen molar-refractivity contribution in [2.75, 3.05) is 0 Å². The summed E-state index contributed by atoms with van der Waals surface area (Å²) in [7, 11) is -4.70. The smallest absolute Gasteiger partial charge is 0.356 e. The van der Waals surface area contributed by atoms with Crippen LogP contribution in [0, 0.1) is 0 Å². The molecular formula is C16H19O6P. The topological polar surface area (TPSA) is 118 Å². The van der Waals surface area contributed by atoms with Gasteiger partial charge in [-0.05, 0) is 30.2 Å². The van der Waals surface area contributed by atoms with E-state index in [0.29, 0.717) is 18.4 Å². The van der Waals surface area contributed by atoms with Crippen LogP contribution in [0.5, 0.6) is 17.2 Å². The quantitative estimate of drug-likeness (QED) is 0.535. The monoisotopic (exact) mass is 338 g/mol. The molecule has 0 heterocycles. The zero-order valence-corrected chi connectivity index (χ0v) is 13.4. The number of phenols is 3. The van der Waals surface area contributed by atoms with Crippen molar-refractivity contribution in [2.24, 2.45) is 0 Å². The zero-order chi connectivity index (χ0) is 17.2. The third-order valence-electron chi connectivity index (χ3n) is 3.63. The molecule has 0 spiro atoms. The Balaban J connectivity index is 2.71. The lowest BCUT2D eigenvalue weighted by molar-refractivity contribution is 0.385. The van der Waals surface area contributed by atoms with Crippen molar-refractivity contribution >= 4 is 12.9 Å². The zero-order valence-electron chi connectivity index (χ0n) is 12.5. The van der Waals surface area contributed by atoms with Crippen LogP contribution < -0.4 is 5.30 Å². The first kappa shape index (κ1) is 17.3. The predicted molar refractivity (Wildman–Crippen MR) is 86.3 cm³/mol. The van der Waals surface area contributed by atoms with E-state index in [1.807, 2.05) is 6.92 Å². The van der Waals surface area contributed by atoms with Crippen molar-refractivity contribution in [3.05, 3.63) is 47.5 Å². The van der Waals surface area contributed by atoms with Gasteiger partial charge in [0.05, 0.1) is 5.30 Å². The van der Waals surface area contributed by atoms with E-state index in [0.717, 1.165) is 12.1 Å². The molecule has 2 aromatic rings. The molecule has 0 amide bonds. The number of aromatic hydroxyl groups is 3. The van der Waals surface area contributed by atoms with Crippen LogP contribution in [0.25, 0.3) is 0 Å². The summed E-state index contributed by atoms with van der Waals surface area (Å²) in [4.78, 5) is 19.2. The molecule has 0 saturated heterocycles. The van der Waals surface area contributed by atoms with Crippen LogP contribution in [0.3, 0.4) is 0 Å². The van der Waals surface area contributed by atoms with E-state index < -0.39 is 24.6 Å². The lowest BCUT2D eigenvalue weighted by atomic mass is 9.87. The Morgan fingerprint density at radius 1 is 1.04 bits per heavy atom. The highest BCUT2D eigenvalue weighted by atomic mass is 31.2. The Morgan fingerprint density at radius 2 is 1.74 bits per heavy atom. The van der Waals surface area contributed by atoms with Gasteiger partial charge in [-0.2, -0.15) is 0 Å². The molecular weight excluding hydrogens is 319 g/mol. The van der Waals surface area contributed by atoms with Gasteiger partial charge in [0, 0.05) is 17.5 Å². The van der Waals surface area contributed by atoms with E-state index in [-0.39, 0.29) is 17.1 Å². The summed E-state index contributed by atoms with van der Waals surface area (Å²) >= 11 is 0. The fourth-order valence-corrected chi connectivity index (χ4v) is 3.60. The highest BCUT2D eigenvalue weighted by Gasteiger charge is 2.30. The van der Waals surface area contributed by atoms with E-state index in [9.17, 15) is 29.7 Å². The molecule has 0 aliphatic rings. The summed E-state index contributed by atoms with van der Waals surface area (Å²) in [5.41, 5.74) is 0.700. The summed E-state index contributed by atoms with van der Waals surface area (Å²) in [6.07, 6.45) is 1.20. The second-order valence-corrected chi connectivity index (χ2v) is 6.95. The predicted octanol–water partition coefficient (Wildman–Crippen LogP) is 2.54. The van der Waals surface area contributed by atoms with Crippen molar-refractivity contribution in [1.29, 1.82) is 0 Å². The van der Waals surface area contributed by atoms with Gasteiger partial charge in [-0.15, -0.1) is 0 Å². The summed E-state index contributed by atoms with van der Waals surface area (Å²) < 4.78 is 11.8. The molecule has 0 radical (unpaired) electrons. The van der Waals surface area contributed by atoms with Gasteiger partial charge in [0.15, 0.2) is 0 Å². The minimum atomic E-state index is -4.70. The van der Waals surface area contributed by atoms with Crippen molar-refractivity contribution in [3.63, 3.8) is 0 Å². The maximum absolute atomic E-state index is 11.8. The van der Waals surface area contributed by atoms with Gasteiger partial charge >= 0.3 is 7.60 Å². The van der Waals surface area contributed by atoms with E-state index in [1.165, 1.54) is 12.1 Å². The van der Waals surface area contributed by atoms with Crippen LogP contribution in [-0.4, -0.2) is 25.1 Å². The molecule has 0 fully saturated rings. The Labute approximate surface area is 133 Å². The van der Waals surface area contributed by atoms with E-state index >= 15 is 0 Å². The highest BCUT2D eigenvalue weighted by Crippen LogP contribution is 2.44. The third-order valence-corrected chi connectivity index (χ3v) is 4.63. The molecule has 5 N–H and O–H groups in total. The molecule has 6 nitrogen and oxygen atoms in total. The average Bonchev–Trinajstić information content (AvgIpc) is 2.44. The third kappa shape index (κ3) is 3.85. The standard InChI is InChI=1S/C16H19O6P/c1-2-4-13(10-5-3-6-11(17)7-10)16-14(19)8-12(18)9-15(16)23(20,21)22/h3,5-9,13,17-19H,2,4H2,1H3,(H2,20,21,22). The van der Waals surface area contributed by atoms with Crippen LogP contribution in [-0.2, 0) is 4.57 Å². The Morgan fingerprint density at radius 3 is 2.30 bits per heavy atom. The van der Waals surface area contributed by atoms with Crippen LogP contribution in [0.4, 0.5) is 0 Å². The number of benzene rings is 2. The Kier molecular flexibility index (Phi) is 5.00. The van der Waals surface area contributed by atoms with Gasteiger partial charge in [-0.1, -0.05) is 25.5 Å². The summed E-state index contributed by atoms with van der Waals surface area (Å²) in [5, 5.41) is 29.0. The number of rotatable bonds is 5. The average molecular weight is 338 g/mol. The first-order chi connectivity index (χ1) is 10.7. The normalized spacial score (nSPS) is 13.0. The Hall–Kier alpha value is -2.01. The van der Waals surface area contributed by atoms with Gasteiger partial charge in [-0.25, -0.2) is 0 Å². The molecule has 0 aromatic heterocycles. The van der Waals surface area contributed by atoms with E-state index in [4.69, 9.17) is 0 Å². The maximum atomic E-state index is 11.8. The van der Waals surface area contributed by atoms with Gasteiger partial charge in [-0.3, -0.25) is 4.57 Å². The first-order valence-electron chi connectivity index (χ1n) is 7.15. The van der Waals surface area contributed by atoms with Crippen LogP contribution in [0.2, 0.25) is 0 Å². The van der Waals surface area contributed by atoms with Crippen LogP contribution in [0.1, 0.15) is 36.8 Å². The van der Waals surface area contributed by atoms with Crippen molar-refractivity contribution in [2.45, 2.75) is 25.7 Å². The maximum Gasteiger partial charge on any atom is 0.356 e. The summed E-state index contributed by atoms with van der Waals surface area (Å²) in [6.45, 7) is 1.91. The molecule has 1 unspecified atom stereocenters. The van der Waals surface area contributed by atoms with Crippen LogP contribution >= 0.6 is 7.60 Å². The lowest BCUT2D eigenvalue weighted by Gasteiger charge is -2.22. The molecule has 1 atom stereocenters. The molecule has 0 aliphatic carbocycles. The second-order valence-electron chi connectivity index (χ2n) is 5.38. The Bertz CT molecular complexity index is 752. The van der Waals surface area contributed by atoms with Crippen molar-refractivity contribution in [1.82, 2.24) is 0 Å². The summed E-state index contributed by atoms with van der Waals surface area (Å²) in [5.74, 6) is -1.30. The highest BCUT2D eigenvalue weighted by molar-refractivity contribution is 7.60. The minimum absolute atomic E-state index is 0.0274. The van der Waals surface area contributed by atoms with Gasteiger partial charge < -0.3 is 25.1 Å². The lowest BCUT2D eigenvalue weighted by Crippen LogP contribution is -2.16. The van der Waals surface area contributed by atoms with Crippen molar-refractivity contribution in [3.8, 4) is 17.2 Å². The van der Waals surface area contributed by atoms with Gasteiger partial charge in [0.1, 0.15) is 17.2 Å². The largest absolute Gasteiger partial charge is 0.508 e. The molecule has 0 bridgehead atoms. The van der Waals surface area contributed by atoms with Crippen molar-refractivity contribution < 1.29 is 29.7 Å². The fourth-order valence-electron chi connectivity index (χ4n) is 2.71. The van der Waals surface area contributed by atoms with Crippen LogP contribution in [0.15, 0.2) is 36.4 Å². The van der Waals surface area contributed by atoms with Gasteiger partial charge in [0.2, 0.25) is 0 Å². The second kappa shape index (κ2) is 6.62. The fraction of sp³-hybridized carbons (Fsp3) is 0.250. The van der Waals surface area contributed by atoms with E-state index in [1.54, 1.807) is 12.1 Å². The molecule has 7 heteroatoms. The first-order valence-corrected chi connectivity index (χ1v) is 8.76. The van der Waals surface area contributed by atoms with Gasteiger partial charge in [0.25, 0.3) is 0 Å². The number of hydrogen-bond acceptors (Lipinski definition) is 4. The number of phenolic OH excluding ortho intramolecular Hbond substituents is 3. The van der Waals surface area contributed by atoms with E-state index in [2.05, 4.69) is 0 Å². The molecule has 124 valence electrons.